The van der Waals surface area contributed by atoms with Crippen LogP contribution in [0.15, 0.2) is 0 Å². The molecule has 0 heterocycles. The molecule has 2 radical (unpaired) electrons. The molecule has 0 aromatic rings. The summed E-state index contributed by atoms with van der Waals surface area (Å²) in [4.78, 5) is 0. The number of rotatable bonds is 0. The topological polar surface area (TPSA) is 83.2 Å². The Morgan fingerprint density at radius 2 is 1.50 bits per heavy atom. The summed E-state index contributed by atoms with van der Waals surface area (Å²) in [5, 5.41) is 3.77. The summed E-state index contributed by atoms with van der Waals surface area (Å²) < 4.78 is 26.6. The van der Waals surface area contributed by atoms with Gasteiger partial charge in [0.15, 0.2) is 10.3 Å². The van der Waals surface area contributed by atoms with E-state index in [1.54, 1.807) is 0 Å². The standard InChI is InChI=1S/H3NO3S.Sn/c1-5(2,3)4;/h(H3,1,2,3,4);/q;+2/p-1. The Bertz CT molecular complexity index is 94.0. The van der Waals surface area contributed by atoms with Gasteiger partial charge in [-0.1, -0.05) is 0 Å². The first-order valence-electron chi connectivity index (χ1n) is 0.736. The Kier molecular flexibility index (Phi) is 4.55. The van der Waals surface area contributed by atoms with Crippen molar-refractivity contribution in [2.45, 2.75) is 0 Å². The molecular weight excluding hydrogens is 213 g/mol. The quantitative estimate of drug-likeness (QED) is 0.375. The zero-order valence-corrected chi connectivity index (χ0v) is 6.38. The van der Waals surface area contributed by atoms with E-state index in [1.807, 2.05) is 0 Å². The average Bonchev–Trinajstić information content (AvgIpc) is 0.722. The summed E-state index contributed by atoms with van der Waals surface area (Å²) in [6, 6.07) is 0. The molecule has 0 aliphatic heterocycles. The molecule has 0 aliphatic carbocycles. The van der Waals surface area contributed by atoms with E-state index in [0.717, 1.165) is 0 Å². The molecule has 0 aliphatic rings. The van der Waals surface area contributed by atoms with E-state index in [2.05, 4.69) is 5.14 Å². The van der Waals surface area contributed by atoms with Gasteiger partial charge in [-0.25, -0.2) is 13.6 Å². The van der Waals surface area contributed by atoms with Gasteiger partial charge in [0.05, 0.1) is 0 Å². The predicted octanol–water partition coefficient (Wildman–Crippen LogP) is -1.98. The summed E-state index contributed by atoms with van der Waals surface area (Å²) in [5.74, 6) is 0. The van der Waals surface area contributed by atoms with Gasteiger partial charge in [0.2, 0.25) is 0 Å². The van der Waals surface area contributed by atoms with Crippen LogP contribution in [-0.4, -0.2) is 36.9 Å². The molecule has 6 heavy (non-hydrogen) atoms. The minimum absolute atomic E-state index is 0. The molecule has 6 heteroatoms. The summed E-state index contributed by atoms with van der Waals surface area (Å²) >= 11 is 0. The maximum Gasteiger partial charge on any atom is 2.00 e. The third-order valence-electron chi connectivity index (χ3n) is 0. The van der Waals surface area contributed by atoms with Crippen LogP contribution in [-0.2, 0) is 10.3 Å². The van der Waals surface area contributed by atoms with E-state index in [1.165, 1.54) is 0 Å². The third kappa shape index (κ3) is 141. The van der Waals surface area contributed by atoms with Gasteiger partial charge in [0.25, 0.3) is 0 Å². The second-order valence-corrected chi connectivity index (χ2v) is 1.48. The number of hydrogen-bond donors (Lipinski definition) is 1. The fourth-order valence-electron chi connectivity index (χ4n) is 0. The molecule has 0 aromatic carbocycles. The van der Waals surface area contributed by atoms with Crippen molar-refractivity contribution in [2.24, 2.45) is 5.14 Å². The van der Waals surface area contributed by atoms with E-state index >= 15 is 0 Å². The average molecular weight is 215 g/mol. The molecule has 2 N–H and O–H groups in total. The molecule has 34 valence electrons. The van der Waals surface area contributed by atoms with Crippen LogP contribution in [0, 0.1) is 0 Å². The van der Waals surface area contributed by atoms with Gasteiger partial charge in [-0.05, 0) is 0 Å². The Morgan fingerprint density at radius 1 is 1.50 bits per heavy atom. The van der Waals surface area contributed by atoms with E-state index in [0.29, 0.717) is 0 Å². The Morgan fingerprint density at radius 3 is 1.50 bits per heavy atom. The minimum atomic E-state index is -4.42. The van der Waals surface area contributed by atoms with Crippen molar-refractivity contribution < 1.29 is 13.0 Å². The largest absolute Gasteiger partial charge is 2.00 e. The van der Waals surface area contributed by atoms with Crippen LogP contribution in [0.25, 0.3) is 0 Å². The van der Waals surface area contributed by atoms with Crippen LogP contribution in [0.3, 0.4) is 0 Å². The fraction of sp³-hybridized carbons (Fsp3) is 0. The van der Waals surface area contributed by atoms with Gasteiger partial charge in [-0.2, -0.15) is 0 Å². The first kappa shape index (κ1) is 9.83. The summed E-state index contributed by atoms with van der Waals surface area (Å²) in [6.07, 6.45) is 0. The third-order valence-corrected chi connectivity index (χ3v) is 0. The van der Waals surface area contributed by atoms with E-state index in [4.69, 9.17) is 13.0 Å². The van der Waals surface area contributed by atoms with E-state index in [9.17, 15) is 0 Å². The van der Waals surface area contributed by atoms with Crippen LogP contribution in [0.2, 0.25) is 0 Å². The normalized spacial score (nSPS) is 9.67. The Balaban J connectivity index is 0. The van der Waals surface area contributed by atoms with Gasteiger partial charge < -0.3 is 4.55 Å². The van der Waals surface area contributed by atoms with E-state index < -0.39 is 10.3 Å². The van der Waals surface area contributed by atoms with Crippen molar-refractivity contribution in [2.75, 3.05) is 0 Å². The molecule has 0 unspecified atom stereocenters. The van der Waals surface area contributed by atoms with Gasteiger partial charge in [0.1, 0.15) is 0 Å². The molecular formula is H2NO3SSn+. The van der Waals surface area contributed by atoms with Gasteiger partial charge in [-0.15, -0.1) is 0 Å². The van der Waals surface area contributed by atoms with Crippen LogP contribution in [0.4, 0.5) is 0 Å². The molecule has 0 rings (SSSR count). The van der Waals surface area contributed by atoms with Crippen molar-refractivity contribution in [1.82, 2.24) is 0 Å². The zero-order valence-electron chi connectivity index (χ0n) is 2.71. The smallest absolute Gasteiger partial charge is 0.736 e. The zero-order chi connectivity index (χ0) is 4.50. The second-order valence-electron chi connectivity index (χ2n) is 0.493. The molecule has 4 nitrogen and oxygen atoms in total. The van der Waals surface area contributed by atoms with Gasteiger partial charge in [0, 0.05) is 0 Å². The molecule has 0 spiro atoms. The SMILES string of the molecule is NS(=O)(=O)[O-].[Sn+2]. The van der Waals surface area contributed by atoms with Crippen molar-refractivity contribution >= 4 is 34.2 Å². The van der Waals surface area contributed by atoms with Crippen LogP contribution >= 0.6 is 0 Å². The monoisotopic (exact) mass is 216 g/mol. The molecule has 0 amide bonds. The minimum Gasteiger partial charge on any atom is -0.736 e. The molecule has 0 saturated carbocycles. The molecule has 0 aromatic heterocycles. The first-order chi connectivity index (χ1) is 2.00. The fourth-order valence-corrected chi connectivity index (χ4v) is 0. The maximum atomic E-state index is 8.85. The second kappa shape index (κ2) is 2.78. The van der Waals surface area contributed by atoms with Crippen LogP contribution in [0.1, 0.15) is 0 Å². The van der Waals surface area contributed by atoms with Crippen molar-refractivity contribution in [3.8, 4) is 0 Å². The molecule has 0 bridgehead atoms. The van der Waals surface area contributed by atoms with Crippen molar-refractivity contribution in [3.63, 3.8) is 0 Å². The Hall–Kier alpha value is 0.669. The molecule has 0 atom stereocenters. The van der Waals surface area contributed by atoms with Crippen LogP contribution in [0.5, 0.6) is 0 Å². The first-order valence-corrected chi connectivity index (χ1v) is 2.21. The summed E-state index contributed by atoms with van der Waals surface area (Å²) in [7, 11) is -4.42. The Labute approximate surface area is 52.6 Å². The maximum absolute atomic E-state index is 8.85. The van der Waals surface area contributed by atoms with E-state index in [-0.39, 0.29) is 23.9 Å². The van der Waals surface area contributed by atoms with Crippen molar-refractivity contribution in [3.05, 3.63) is 0 Å². The molecule has 0 fully saturated rings. The summed E-state index contributed by atoms with van der Waals surface area (Å²) in [6.45, 7) is 0. The number of nitrogens with two attached hydrogens (primary N) is 1. The van der Waals surface area contributed by atoms with Gasteiger partial charge >= 0.3 is 23.9 Å². The van der Waals surface area contributed by atoms with Crippen LogP contribution < -0.4 is 5.14 Å². The molecule has 0 saturated heterocycles. The van der Waals surface area contributed by atoms with Gasteiger partial charge in [-0.3, -0.25) is 0 Å². The predicted molar refractivity (Wildman–Crippen MR) is 19.6 cm³/mol. The van der Waals surface area contributed by atoms with Crippen molar-refractivity contribution in [1.29, 1.82) is 0 Å². The summed E-state index contributed by atoms with van der Waals surface area (Å²) in [5.41, 5.74) is 0. The number of hydrogen-bond acceptors (Lipinski definition) is 3.